The monoisotopic (exact) mass is 416 g/mol. The van der Waals surface area contributed by atoms with E-state index in [2.05, 4.69) is 4.98 Å². The Morgan fingerprint density at radius 2 is 1.71 bits per heavy atom. The Morgan fingerprint density at radius 1 is 1.00 bits per heavy atom. The van der Waals surface area contributed by atoms with E-state index in [1.54, 1.807) is 22.9 Å². The van der Waals surface area contributed by atoms with E-state index in [1.807, 2.05) is 13.0 Å². The lowest BCUT2D eigenvalue weighted by Crippen LogP contribution is -2.15. The second kappa shape index (κ2) is 6.93. The second-order valence-electron chi connectivity index (χ2n) is 6.03. The molecule has 3 aromatic rings. The summed E-state index contributed by atoms with van der Waals surface area (Å²) in [4.78, 5) is 2.47. The van der Waals surface area contributed by atoms with Gasteiger partial charge in [-0.05, 0) is 30.7 Å². The van der Waals surface area contributed by atoms with Gasteiger partial charge in [0.15, 0.2) is 0 Å². The van der Waals surface area contributed by atoms with Crippen molar-refractivity contribution in [3.63, 3.8) is 0 Å². The van der Waals surface area contributed by atoms with Crippen molar-refractivity contribution in [2.75, 3.05) is 4.72 Å². The van der Waals surface area contributed by atoms with E-state index >= 15 is 0 Å². The first-order valence-corrected chi connectivity index (χ1v) is 9.30. The molecule has 0 aliphatic heterocycles. The minimum Gasteiger partial charge on any atom is -0.360 e. The number of H-pyrrole nitrogens is 1. The quantitative estimate of drug-likeness (QED) is 0.582. The second-order valence-corrected chi connectivity index (χ2v) is 7.72. The summed E-state index contributed by atoms with van der Waals surface area (Å²) >= 11 is 0. The predicted octanol–water partition coefficient (Wildman–Crippen LogP) is 5.09. The Hall–Kier alpha value is -2.88. The third-order valence-corrected chi connectivity index (χ3v) is 5.25. The molecule has 148 valence electrons. The third kappa shape index (κ3) is 4.01. The fourth-order valence-corrected chi connectivity index (χ4v) is 3.61. The fourth-order valence-electron chi connectivity index (χ4n) is 2.55. The van der Waals surface area contributed by atoms with Gasteiger partial charge in [0.2, 0.25) is 0 Å². The van der Waals surface area contributed by atoms with Gasteiger partial charge in [0.05, 0.1) is 11.3 Å². The van der Waals surface area contributed by atoms with Gasteiger partial charge >= 0.3 is 6.18 Å². The number of anilines is 1. The molecule has 0 radical (unpaired) electrons. The molecule has 0 fully saturated rings. The summed E-state index contributed by atoms with van der Waals surface area (Å²) in [5, 5.41) is 0. The van der Waals surface area contributed by atoms with Crippen LogP contribution in [0.25, 0.3) is 11.3 Å². The maximum Gasteiger partial charge on any atom is 0.419 e. The number of benzene rings is 2. The summed E-state index contributed by atoms with van der Waals surface area (Å²) in [7, 11) is -4.37. The zero-order chi connectivity index (χ0) is 20.7. The van der Waals surface area contributed by atoms with Crippen LogP contribution in [0.4, 0.5) is 27.6 Å². The predicted molar refractivity (Wildman–Crippen MR) is 93.1 cm³/mol. The zero-order valence-corrected chi connectivity index (χ0v) is 15.0. The standard InChI is InChI=1S/C18H13F5N2O2S/c1-10-3-2-4-11(5-10)16-6-12(9-24-16)28(26,27)25-17-8-14(19)13(7-15(17)20)18(21,22)23/h2-9,24-25H,1H3. The number of hydrogen-bond acceptors (Lipinski definition) is 2. The van der Waals surface area contributed by atoms with E-state index in [0.29, 0.717) is 11.3 Å². The van der Waals surface area contributed by atoms with Gasteiger partial charge in [-0.25, -0.2) is 17.2 Å². The lowest BCUT2D eigenvalue weighted by Gasteiger charge is -2.12. The van der Waals surface area contributed by atoms with E-state index in [-0.39, 0.29) is 17.0 Å². The van der Waals surface area contributed by atoms with Crippen LogP contribution in [-0.2, 0) is 16.2 Å². The van der Waals surface area contributed by atoms with Gasteiger partial charge in [0, 0.05) is 18.0 Å². The number of nitrogens with one attached hydrogen (secondary N) is 2. The molecular weight excluding hydrogens is 403 g/mol. The minimum absolute atomic E-state index is 0.0948. The maximum absolute atomic E-state index is 13.9. The van der Waals surface area contributed by atoms with Gasteiger partial charge in [-0.2, -0.15) is 13.2 Å². The molecule has 0 amide bonds. The number of aryl methyl sites for hydroxylation is 1. The highest BCUT2D eigenvalue weighted by molar-refractivity contribution is 7.92. The molecule has 1 heterocycles. The topological polar surface area (TPSA) is 62.0 Å². The Balaban J connectivity index is 1.92. The highest BCUT2D eigenvalue weighted by Gasteiger charge is 2.35. The molecule has 0 unspecified atom stereocenters. The van der Waals surface area contributed by atoms with Crippen LogP contribution in [0, 0.1) is 18.6 Å². The summed E-state index contributed by atoms with van der Waals surface area (Å²) in [5.41, 5.74) is -0.645. The lowest BCUT2D eigenvalue weighted by molar-refractivity contribution is -0.140. The Morgan fingerprint density at radius 3 is 2.36 bits per heavy atom. The van der Waals surface area contributed by atoms with Crippen molar-refractivity contribution in [2.24, 2.45) is 0 Å². The Bertz CT molecular complexity index is 1140. The van der Waals surface area contributed by atoms with Crippen LogP contribution >= 0.6 is 0 Å². The van der Waals surface area contributed by atoms with E-state index in [1.165, 1.54) is 6.07 Å². The van der Waals surface area contributed by atoms with E-state index in [0.717, 1.165) is 11.8 Å². The average molecular weight is 416 g/mol. The molecular formula is C18H13F5N2O2S. The molecule has 0 aliphatic rings. The SMILES string of the molecule is Cc1cccc(-c2cc(S(=O)(=O)Nc3cc(F)c(C(F)(F)F)cc3F)c[nH]2)c1. The van der Waals surface area contributed by atoms with E-state index in [4.69, 9.17) is 0 Å². The molecule has 1 aromatic heterocycles. The number of halogens is 5. The van der Waals surface area contributed by atoms with Crippen molar-refractivity contribution in [3.05, 3.63) is 71.4 Å². The fraction of sp³-hybridized carbons (Fsp3) is 0.111. The van der Waals surface area contributed by atoms with Gasteiger partial charge in [-0.3, -0.25) is 4.72 Å². The van der Waals surface area contributed by atoms with Crippen molar-refractivity contribution >= 4 is 15.7 Å². The number of alkyl halides is 3. The molecule has 28 heavy (non-hydrogen) atoms. The van der Waals surface area contributed by atoms with Crippen molar-refractivity contribution < 1.29 is 30.4 Å². The highest BCUT2D eigenvalue weighted by atomic mass is 32.2. The summed E-state index contributed by atoms with van der Waals surface area (Å²) in [5.74, 6) is -3.34. The molecule has 2 aromatic carbocycles. The molecule has 0 spiro atoms. The maximum atomic E-state index is 13.9. The molecule has 0 saturated heterocycles. The highest BCUT2D eigenvalue weighted by Crippen LogP contribution is 2.34. The molecule has 3 rings (SSSR count). The average Bonchev–Trinajstić information content (AvgIpc) is 3.07. The Kier molecular flexibility index (Phi) is 4.92. The largest absolute Gasteiger partial charge is 0.419 e. The molecule has 2 N–H and O–H groups in total. The van der Waals surface area contributed by atoms with Crippen LogP contribution in [-0.4, -0.2) is 13.4 Å². The molecule has 0 atom stereocenters. The molecule has 10 heteroatoms. The molecule has 0 aliphatic carbocycles. The van der Waals surface area contributed by atoms with Crippen LogP contribution in [0.2, 0.25) is 0 Å². The van der Waals surface area contributed by atoms with Crippen molar-refractivity contribution in [3.8, 4) is 11.3 Å². The van der Waals surface area contributed by atoms with Crippen molar-refractivity contribution in [1.29, 1.82) is 0 Å². The van der Waals surface area contributed by atoms with E-state index in [9.17, 15) is 30.4 Å². The number of rotatable bonds is 4. The van der Waals surface area contributed by atoms with Gasteiger partial charge in [-0.15, -0.1) is 0 Å². The normalized spacial score (nSPS) is 12.2. The molecule has 0 bridgehead atoms. The first-order chi connectivity index (χ1) is 13.0. The van der Waals surface area contributed by atoms with Crippen LogP contribution in [0.5, 0.6) is 0 Å². The summed E-state index contributed by atoms with van der Waals surface area (Å²) in [6.45, 7) is 1.85. The first kappa shape index (κ1) is 19.9. The minimum atomic E-state index is -5.11. The smallest absolute Gasteiger partial charge is 0.360 e. The number of sulfonamides is 1. The summed E-state index contributed by atoms with van der Waals surface area (Å²) in [6, 6.07) is 8.52. The van der Waals surface area contributed by atoms with Crippen LogP contribution in [0.3, 0.4) is 0 Å². The van der Waals surface area contributed by atoms with Gasteiger partial charge in [0.1, 0.15) is 16.5 Å². The number of hydrogen-bond donors (Lipinski definition) is 2. The number of aromatic amines is 1. The van der Waals surface area contributed by atoms with Crippen molar-refractivity contribution in [2.45, 2.75) is 18.0 Å². The van der Waals surface area contributed by atoms with Crippen LogP contribution < -0.4 is 4.72 Å². The van der Waals surface area contributed by atoms with Gasteiger partial charge in [-0.1, -0.05) is 23.8 Å². The van der Waals surface area contributed by atoms with E-state index < -0.39 is 39.1 Å². The third-order valence-electron chi connectivity index (χ3n) is 3.90. The van der Waals surface area contributed by atoms with Crippen LogP contribution in [0.15, 0.2) is 53.6 Å². The van der Waals surface area contributed by atoms with Gasteiger partial charge < -0.3 is 4.98 Å². The molecule has 0 saturated carbocycles. The summed E-state index contributed by atoms with van der Waals surface area (Å²) in [6.07, 6.45) is -3.97. The van der Waals surface area contributed by atoms with Crippen LogP contribution in [0.1, 0.15) is 11.1 Å². The number of aromatic nitrogens is 1. The first-order valence-electron chi connectivity index (χ1n) is 7.82. The summed E-state index contributed by atoms with van der Waals surface area (Å²) < 4.78 is 92.0. The Labute approximate surface area is 157 Å². The van der Waals surface area contributed by atoms with Gasteiger partial charge in [0.25, 0.3) is 10.0 Å². The van der Waals surface area contributed by atoms with Crippen molar-refractivity contribution in [1.82, 2.24) is 4.98 Å². The molecule has 4 nitrogen and oxygen atoms in total. The zero-order valence-electron chi connectivity index (χ0n) is 14.2. The lowest BCUT2D eigenvalue weighted by atomic mass is 10.1.